The van der Waals surface area contributed by atoms with Gasteiger partial charge in [0, 0.05) is 23.0 Å². The number of pyridine rings is 1. The summed E-state index contributed by atoms with van der Waals surface area (Å²) in [5, 5.41) is 6.50. The fraction of sp³-hybridized carbons (Fsp3) is 0.0667. The number of halogens is 1. The number of hydrogen-bond donors (Lipinski definition) is 1. The van der Waals surface area contributed by atoms with E-state index < -0.39 is 0 Å². The SMILES string of the molecule is O=C(NCc1ccc(Cl)nc1)c1ccc2ccsc2c1. The normalized spacial score (nSPS) is 10.7. The van der Waals surface area contributed by atoms with Crippen molar-refractivity contribution in [3.63, 3.8) is 0 Å². The number of carbonyl (C=O) groups excluding carboxylic acids is 1. The second kappa shape index (κ2) is 5.61. The molecule has 100 valence electrons. The molecule has 0 aliphatic heterocycles. The Kier molecular flexibility index (Phi) is 3.67. The highest BCUT2D eigenvalue weighted by Crippen LogP contribution is 2.21. The first-order valence-electron chi connectivity index (χ1n) is 6.08. The number of rotatable bonds is 3. The third-order valence-corrected chi connectivity index (χ3v) is 4.06. The van der Waals surface area contributed by atoms with Gasteiger partial charge < -0.3 is 5.32 Å². The zero-order valence-electron chi connectivity index (χ0n) is 10.5. The molecule has 3 nitrogen and oxygen atoms in total. The smallest absolute Gasteiger partial charge is 0.251 e. The van der Waals surface area contributed by atoms with Crippen LogP contribution in [0.25, 0.3) is 10.1 Å². The minimum atomic E-state index is -0.0877. The van der Waals surface area contributed by atoms with Gasteiger partial charge in [0.25, 0.3) is 5.91 Å². The fourth-order valence-electron chi connectivity index (χ4n) is 1.89. The zero-order chi connectivity index (χ0) is 13.9. The molecular formula is C15H11ClN2OS. The molecule has 0 aliphatic rings. The van der Waals surface area contributed by atoms with Crippen LogP contribution in [0.5, 0.6) is 0 Å². The maximum Gasteiger partial charge on any atom is 0.251 e. The predicted octanol–water partition coefficient (Wildman–Crippen LogP) is 3.88. The van der Waals surface area contributed by atoms with Crippen LogP contribution in [0.3, 0.4) is 0 Å². The molecule has 3 aromatic rings. The number of amides is 1. The lowest BCUT2D eigenvalue weighted by molar-refractivity contribution is 0.0951. The van der Waals surface area contributed by atoms with Crippen molar-refractivity contribution >= 4 is 38.9 Å². The Morgan fingerprint density at radius 3 is 2.95 bits per heavy atom. The molecule has 2 aromatic heterocycles. The Morgan fingerprint density at radius 2 is 2.15 bits per heavy atom. The van der Waals surface area contributed by atoms with Gasteiger partial charge in [-0.05, 0) is 40.6 Å². The quantitative estimate of drug-likeness (QED) is 0.746. The minimum Gasteiger partial charge on any atom is -0.348 e. The van der Waals surface area contributed by atoms with Crippen molar-refractivity contribution in [2.75, 3.05) is 0 Å². The van der Waals surface area contributed by atoms with Gasteiger partial charge in [0.15, 0.2) is 0 Å². The maximum absolute atomic E-state index is 12.1. The van der Waals surface area contributed by atoms with Crippen molar-refractivity contribution in [2.45, 2.75) is 6.54 Å². The van der Waals surface area contributed by atoms with Crippen molar-refractivity contribution < 1.29 is 4.79 Å². The topological polar surface area (TPSA) is 42.0 Å². The molecule has 0 saturated heterocycles. The van der Waals surface area contributed by atoms with E-state index in [0.29, 0.717) is 17.3 Å². The molecule has 0 aliphatic carbocycles. The van der Waals surface area contributed by atoms with Crippen molar-refractivity contribution in [3.8, 4) is 0 Å². The van der Waals surface area contributed by atoms with Gasteiger partial charge in [-0.3, -0.25) is 4.79 Å². The molecule has 0 spiro atoms. The predicted molar refractivity (Wildman–Crippen MR) is 82.2 cm³/mol. The second-order valence-electron chi connectivity index (χ2n) is 4.35. The lowest BCUT2D eigenvalue weighted by Gasteiger charge is -2.05. The number of benzene rings is 1. The molecule has 2 heterocycles. The van der Waals surface area contributed by atoms with Crippen LogP contribution >= 0.6 is 22.9 Å². The Bertz CT molecular complexity index is 752. The van der Waals surface area contributed by atoms with Gasteiger partial charge in [0.2, 0.25) is 0 Å². The molecule has 3 rings (SSSR count). The summed E-state index contributed by atoms with van der Waals surface area (Å²) in [7, 11) is 0. The van der Waals surface area contributed by atoms with Gasteiger partial charge in [-0.2, -0.15) is 0 Å². The summed E-state index contributed by atoms with van der Waals surface area (Å²) in [6.07, 6.45) is 1.66. The van der Waals surface area contributed by atoms with Crippen molar-refractivity contribution in [2.24, 2.45) is 0 Å². The summed E-state index contributed by atoms with van der Waals surface area (Å²) in [6.45, 7) is 0.436. The summed E-state index contributed by atoms with van der Waals surface area (Å²) >= 11 is 7.35. The highest BCUT2D eigenvalue weighted by molar-refractivity contribution is 7.17. The average molecular weight is 303 g/mol. The number of fused-ring (bicyclic) bond motifs is 1. The van der Waals surface area contributed by atoms with Crippen LogP contribution in [0.1, 0.15) is 15.9 Å². The zero-order valence-corrected chi connectivity index (χ0v) is 12.0. The Morgan fingerprint density at radius 1 is 1.25 bits per heavy atom. The number of aromatic nitrogens is 1. The summed E-state index contributed by atoms with van der Waals surface area (Å²) in [5.74, 6) is -0.0877. The van der Waals surface area contributed by atoms with E-state index in [2.05, 4.69) is 10.3 Å². The van der Waals surface area contributed by atoms with Crippen LogP contribution in [0.4, 0.5) is 0 Å². The largest absolute Gasteiger partial charge is 0.348 e. The van der Waals surface area contributed by atoms with Gasteiger partial charge in [-0.25, -0.2) is 4.98 Å². The molecule has 0 saturated carbocycles. The lowest BCUT2D eigenvalue weighted by atomic mass is 10.1. The van der Waals surface area contributed by atoms with Crippen LogP contribution in [0.2, 0.25) is 5.15 Å². The highest BCUT2D eigenvalue weighted by Gasteiger charge is 2.06. The molecule has 1 N–H and O–H groups in total. The third-order valence-electron chi connectivity index (χ3n) is 2.96. The van der Waals surface area contributed by atoms with E-state index in [4.69, 9.17) is 11.6 Å². The maximum atomic E-state index is 12.1. The van der Waals surface area contributed by atoms with E-state index in [1.165, 1.54) is 0 Å². The van der Waals surface area contributed by atoms with Crippen LogP contribution in [0, 0.1) is 0 Å². The van der Waals surface area contributed by atoms with Gasteiger partial charge in [-0.15, -0.1) is 11.3 Å². The molecule has 5 heteroatoms. The Balaban J connectivity index is 1.70. The van der Waals surface area contributed by atoms with E-state index in [9.17, 15) is 4.79 Å². The molecule has 1 aromatic carbocycles. The molecule has 0 atom stereocenters. The van der Waals surface area contributed by atoms with Crippen LogP contribution in [0.15, 0.2) is 48.0 Å². The number of nitrogens with zero attached hydrogens (tertiary/aromatic N) is 1. The first kappa shape index (κ1) is 13.1. The standard InChI is InChI=1S/C15H11ClN2OS/c16-14-4-1-10(8-17-14)9-18-15(19)12-3-2-11-5-6-20-13(11)7-12/h1-8H,9H2,(H,18,19). The monoisotopic (exact) mass is 302 g/mol. The van der Waals surface area contributed by atoms with Gasteiger partial charge in [0.1, 0.15) is 5.15 Å². The Labute approximate surface area is 125 Å². The molecule has 0 radical (unpaired) electrons. The lowest BCUT2D eigenvalue weighted by Crippen LogP contribution is -2.22. The summed E-state index contributed by atoms with van der Waals surface area (Å²) < 4.78 is 1.12. The van der Waals surface area contributed by atoms with Crippen molar-refractivity contribution in [1.82, 2.24) is 10.3 Å². The summed E-state index contributed by atoms with van der Waals surface area (Å²) in [6, 6.07) is 11.3. The summed E-state index contributed by atoms with van der Waals surface area (Å²) in [5.41, 5.74) is 1.59. The van der Waals surface area contributed by atoms with E-state index in [-0.39, 0.29) is 5.91 Å². The van der Waals surface area contributed by atoms with E-state index >= 15 is 0 Å². The van der Waals surface area contributed by atoms with Gasteiger partial charge in [-0.1, -0.05) is 23.7 Å². The van der Waals surface area contributed by atoms with Crippen LogP contribution in [-0.4, -0.2) is 10.9 Å². The Hall–Kier alpha value is -1.91. The van der Waals surface area contributed by atoms with Crippen molar-refractivity contribution in [3.05, 3.63) is 64.3 Å². The number of nitrogens with one attached hydrogen (secondary N) is 1. The molecule has 0 bridgehead atoms. The van der Waals surface area contributed by atoms with Gasteiger partial charge >= 0.3 is 0 Å². The minimum absolute atomic E-state index is 0.0877. The van der Waals surface area contributed by atoms with Gasteiger partial charge in [0.05, 0.1) is 0 Å². The van der Waals surface area contributed by atoms with Crippen LogP contribution in [-0.2, 0) is 6.54 Å². The number of thiophene rings is 1. The first-order chi connectivity index (χ1) is 9.72. The number of carbonyl (C=O) groups is 1. The highest BCUT2D eigenvalue weighted by atomic mass is 35.5. The van der Waals surface area contributed by atoms with E-state index in [0.717, 1.165) is 15.6 Å². The number of hydrogen-bond acceptors (Lipinski definition) is 3. The van der Waals surface area contributed by atoms with Crippen molar-refractivity contribution in [1.29, 1.82) is 0 Å². The molecule has 0 unspecified atom stereocenters. The average Bonchev–Trinajstić information content (AvgIpc) is 2.93. The third kappa shape index (κ3) is 2.81. The fourth-order valence-corrected chi connectivity index (χ4v) is 2.83. The molecule has 1 amide bonds. The second-order valence-corrected chi connectivity index (χ2v) is 5.68. The summed E-state index contributed by atoms with van der Waals surface area (Å²) in [4.78, 5) is 16.1. The molecule has 20 heavy (non-hydrogen) atoms. The van der Waals surface area contributed by atoms with E-state index in [1.807, 2.05) is 35.7 Å². The molecular weight excluding hydrogens is 292 g/mol. The first-order valence-corrected chi connectivity index (χ1v) is 7.34. The van der Waals surface area contributed by atoms with E-state index in [1.54, 1.807) is 23.6 Å². The molecule has 0 fully saturated rings. The van der Waals surface area contributed by atoms with Crippen LogP contribution < -0.4 is 5.32 Å².